The summed E-state index contributed by atoms with van der Waals surface area (Å²) in [4.78, 5) is 0. The molecule has 0 aromatic heterocycles. The van der Waals surface area contributed by atoms with Crippen molar-refractivity contribution in [2.45, 2.75) is 19.4 Å². The molecule has 1 fully saturated rings. The molecule has 0 saturated carbocycles. The molecule has 2 rings (SSSR count). The monoisotopic (exact) mass is 211 g/mol. The van der Waals surface area contributed by atoms with Gasteiger partial charge in [0.1, 0.15) is 0 Å². The average Bonchev–Trinajstić information content (AvgIpc) is 2.46. The minimum absolute atomic E-state index is 0.0279. The van der Waals surface area contributed by atoms with E-state index in [2.05, 4.69) is 4.72 Å². The van der Waals surface area contributed by atoms with E-state index < -0.39 is 10.0 Å². The standard InChI is InChI=1S/C10H13NO2S/c1-8-3-2-4-9(7-8)10-5-6-14(12,13)11-10/h2-4,7,10-11H,5-6H2,1H3. The highest BCUT2D eigenvalue weighted by Crippen LogP contribution is 2.24. The van der Waals surface area contributed by atoms with Gasteiger partial charge >= 0.3 is 0 Å². The summed E-state index contributed by atoms with van der Waals surface area (Å²) < 4.78 is 25.0. The average molecular weight is 211 g/mol. The molecular weight excluding hydrogens is 198 g/mol. The van der Waals surface area contributed by atoms with Gasteiger partial charge in [-0.25, -0.2) is 13.1 Å². The summed E-state index contributed by atoms with van der Waals surface area (Å²) in [5.74, 6) is 0.242. The number of benzene rings is 1. The third-order valence-electron chi connectivity index (χ3n) is 2.44. The molecule has 1 N–H and O–H groups in total. The van der Waals surface area contributed by atoms with Crippen LogP contribution >= 0.6 is 0 Å². The molecule has 76 valence electrons. The zero-order valence-electron chi connectivity index (χ0n) is 8.03. The lowest BCUT2D eigenvalue weighted by Gasteiger charge is -2.09. The van der Waals surface area contributed by atoms with Gasteiger partial charge in [0.05, 0.1) is 5.75 Å². The number of sulfonamides is 1. The summed E-state index contributed by atoms with van der Waals surface area (Å²) in [5.41, 5.74) is 2.22. The van der Waals surface area contributed by atoms with Gasteiger partial charge in [-0.3, -0.25) is 0 Å². The summed E-state index contributed by atoms with van der Waals surface area (Å²) in [7, 11) is -3.01. The van der Waals surface area contributed by atoms with Crippen LogP contribution in [0.2, 0.25) is 0 Å². The van der Waals surface area contributed by atoms with Crippen molar-refractivity contribution >= 4 is 10.0 Å². The summed E-state index contributed by atoms with van der Waals surface area (Å²) in [6.45, 7) is 2.01. The second-order valence-corrected chi connectivity index (χ2v) is 5.57. The van der Waals surface area contributed by atoms with E-state index in [9.17, 15) is 8.42 Å². The van der Waals surface area contributed by atoms with Crippen LogP contribution in [0.5, 0.6) is 0 Å². The molecule has 0 aliphatic carbocycles. The Hall–Kier alpha value is -0.870. The first-order valence-corrected chi connectivity index (χ1v) is 6.29. The number of rotatable bonds is 1. The lowest BCUT2D eigenvalue weighted by molar-refractivity contribution is 0.586. The molecule has 0 bridgehead atoms. The van der Waals surface area contributed by atoms with Crippen LogP contribution in [-0.2, 0) is 10.0 Å². The van der Waals surface area contributed by atoms with Crippen LogP contribution in [0.15, 0.2) is 24.3 Å². The SMILES string of the molecule is Cc1cccc(C2CCS(=O)(=O)N2)c1. The van der Waals surface area contributed by atoms with Crippen molar-refractivity contribution in [2.75, 3.05) is 5.75 Å². The van der Waals surface area contributed by atoms with E-state index in [1.165, 1.54) is 0 Å². The van der Waals surface area contributed by atoms with Gasteiger partial charge in [0.15, 0.2) is 0 Å². The fourth-order valence-electron chi connectivity index (χ4n) is 1.73. The molecule has 14 heavy (non-hydrogen) atoms. The molecule has 0 amide bonds. The zero-order chi connectivity index (χ0) is 10.2. The Bertz CT molecular complexity index is 439. The first-order valence-electron chi connectivity index (χ1n) is 4.63. The van der Waals surface area contributed by atoms with Crippen LogP contribution in [-0.4, -0.2) is 14.2 Å². The van der Waals surface area contributed by atoms with E-state index in [4.69, 9.17) is 0 Å². The number of aryl methyl sites for hydroxylation is 1. The van der Waals surface area contributed by atoms with Crippen molar-refractivity contribution in [1.29, 1.82) is 0 Å². The highest BCUT2D eigenvalue weighted by molar-refractivity contribution is 7.89. The molecular formula is C10H13NO2S. The predicted molar refractivity (Wildman–Crippen MR) is 55.5 cm³/mol. The van der Waals surface area contributed by atoms with Gasteiger partial charge in [-0.1, -0.05) is 29.8 Å². The van der Waals surface area contributed by atoms with E-state index in [1.807, 2.05) is 31.2 Å². The molecule has 1 aromatic carbocycles. The molecule has 3 nitrogen and oxygen atoms in total. The molecule has 1 atom stereocenters. The van der Waals surface area contributed by atoms with Gasteiger partial charge in [-0.15, -0.1) is 0 Å². The Labute approximate surface area is 84.2 Å². The van der Waals surface area contributed by atoms with Crippen LogP contribution in [0.25, 0.3) is 0 Å². The first-order chi connectivity index (χ1) is 6.57. The number of hydrogen-bond acceptors (Lipinski definition) is 2. The van der Waals surface area contributed by atoms with E-state index in [0.717, 1.165) is 11.1 Å². The maximum atomic E-state index is 11.2. The van der Waals surface area contributed by atoms with E-state index in [-0.39, 0.29) is 11.8 Å². The number of nitrogens with one attached hydrogen (secondary N) is 1. The maximum Gasteiger partial charge on any atom is 0.212 e. The highest BCUT2D eigenvalue weighted by Gasteiger charge is 2.27. The van der Waals surface area contributed by atoms with Crippen molar-refractivity contribution in [3.63, 3.8) is 0 Å². The summed E-state index contributed by atoms with van der Waals surface area (Å²) in [5, 5.41) is 0. The zero-order valence-corrected chi connectivity index (χ0v) is 8.84. The Kier molecular flexibility index (Phi) is 2.33. The van der Waals surface area contributed by atoms with Crippen molar-refractivity contribution in [3.8, 4) is 0 Å². The fraction of sp³-hybridized carbons (Fsp3) is 0.400. The molecule has 0 radical (unpaired) electrons. The van der Waals surface area contributed by atoms with Crippen LogP contribution in [0, 0.1) is 6.92 Å². The van der Waals surface area contributed by atoms with Crippen molar-refractivity contribution in [3.05, 3.63) is 35.4 Å². The van der Waals surface area contributed by atoms with Crippen LogP contribution in [0.3, 0.4) is 0 Å². The van der Waals surface area contributed by atoms with Crippen molar-refractivity contribution in [1.82, 2.24) is 4.72 Å². The summed E-state index contributed by atoms with van der Waals surface area (Å²) in [6, 6.07) is 7.92. The van der Waals surface area contributed by atoms with Crippen molar-refractivity contribution in [2.24, 2.45) is 0 Å². The van der Waals surface area contributed by atoms with Crippen LogP contribution in [0.1, 0.15) is 23.6 Å². The summed E-state index contributed by atoms with van der Waals surface area (Å²) >= 11 is 0. The largest absolute Gasteiger partial charge is 0.212 e. The van der Waals surface area contributed by atoms with Gasteiger partial charge in [0.25, 0.3) is 0 Å². The molecule has 1 unspecified atom stereocenters. The smallest absolute Gasteiger partial charge is 0.212 e. The Morgan fingerprint density at radius 2 is 2.21 bits per heavy atom. The Morgan fingerprint density at radius 1 is 1.43 bits per heavy atom. The Morgan fingerprint density at radius 3 is 2.79 bits per heavy atom. The normalized spacial score (nSPS) is 25.1. The molecule has 1 aliphatic heterocycles. The molecule has 1 aliphatic rings. The first kappa shape index (κ1) is 9.68. The minimum atomic E-state index is -3.01. The third kappa shape index (κ3) is 1.96. The molecule has 1 aromatic rings. The van der Waals surface area contributed by atoms with Crippen molar-refractivity contribution < 1.29 is 8.42 Å². The molecule has 4 heteroatoms. The number of hydrogen-bond donors (Lipinski definition) is 1. The lowest BCUT2D eigenvalue weighted by Crippen LogP contribution is -2.19. The quantitative estimate of drug-likeness (QED) is 0.762. The van der Waals surface area contributed by atoms with Gasteiger partial charge < -0.3 is 0 Å². The topological polar surface area (TPSA) is 46.2 Å². The molecule has 1 saturated heterocycles. The summed E-state index contributed by atoms with van der Waals surface area (Å²) in [6.07, 6.45) is 0.672. The second kappa shape index (κ2) is 3.37. The van der Waals surface area contributed by atoms with E-state index in [0.29, 0.717) is 6.42 Å². The minimum Gasteiger partial charge on any atom is -0.212 e. The van der Waals surface area contributed by atoms with E-state index >= 15 is 0 Å². The molecule has 1 heterocycles. The lowest BCUT2D eigenvalue weighted by atomic mass is 10.0. The van der Waals surface area contributed by atoms with Crippen LogP contribution in [0.4, 0.5) is 0 Å². The highest BCUT2D eigenvalue weighted by atomic mass is 32.2. The van der Waals surface area contributed by atoms with Gasteiger partial charge in [-0.2, -0.15) is 0 Å². The predicted octanol–water partition coefficient (Wildman–Crippen LogP) is 1.36. The fourth-order valence-corrected chi connectivity index (χ4v) is 3.08. The van der Waals surface area contributed by atoms with Crippen LogP contribution < -0.4 is 4.72 Å². The van der Waals surface area contributed by atoms with Gasteiger partial charge in [0, 0.05) is 6.04 Å². The van der Waals surface area contributed by atoms with E-state index in [1.54, 1.807) is 0 Å². The van der Waals surface area contributed by atoms with Gasteiger partial charge in [0.2, 0.25) is 10.0 Å². The third-order valence-corrected chi connectivity index (χ3v) is 3.86. The molecule has 0 spiro atoms. The maximum absolute atomic E-state index is 11.2. The Balaban J connectivity index is 2.26. The second-order valence-electron chi connectivity index (χ2n) is 3.69. The van der Waals surface area contributed by atoms with Gasteiger partial charge in [-0.05, 0) is 18.9 Å².